The van der Waals surface area contributed by atoms with Crippen LogP contribution in [-0.4, -0.2) is 34.7 Å². The van der Waals surface area contributed by atoms with E-state index in [1.165, 1.54) is 11.3 Å². The minimum Gasteiger partial charge on any atom is -0.492 e. The first-order valence-electron chi connectivity index (χ1n) is 10.8. The van der Waals surface area contributed by atoms with Crippen molar-refractivity contribution in [2.24, 2.45) is 0 Å². The van der Waals surface area contributed by atoms with Crippen LogP contribution in [0, 0.1) is 0 Å². The van der Waals surface area contributed by atoms with Gasteiger partial charge >= 0.3 is 0 Å². The van der Waals surface area contributed by atoms with Gasteiger partial charge in [-0.3, -0.25) is 14.7 Å². The van der Waals surface area contributed by atoms with Gasteiger partial charge in [0.2, 0.25) is 6.10 Å². The quantitative estimate of drug-likeness (QED) is 0.409. The van der Waals surface area contributed by atoms with Gasteiger partial charge in [-0.1, -0.05) is 35.6 Å². The molecule has 7 nitrogen and oxygen atoms in total. The summed E-state index contributed by atoms with van der Waals surface area (Å²) < 4.78 is 18.8. The lowest BCUT2D eigenvalue weighted by atomic mass is 10.1. The van der Waals surface area contributed by atoms with Crippen LogP contribution < -0.4 is 19.1 Å². The van der Waals surface area contributed by atoms with Crippen molar-refractivity contribution in [3.63, 3.8) is 0 Å². The first kappa shape index (κ1) is 21.2. The topological polar surface area (TPSA) is 73.8 Å². The molecule has 0 bridgehead atoms. The molecule has 2 atom stereocenters. The Morgan fingerprint density at radius 1 is 1.06 bits per heavy atom. The third-order valence-corrected chi connectivity index (χ3v) is 6.34. The number of aromatic nitrogens is 2. The number of fused-ring (bicyclic) bond motifs is 2. The van der Waals surface area contributed by atoms with E-state index in [-0.39, 0.29) is 12.5 Å². The largest absolute Gasteiger partial charge is 0.492 e. The van der Waals surface area contributed by atoms with Crippen LogP contribution in [0.1, 0.15) is 19.5 Å². The van der Waals surface area contributed by atoms with Gasteiger partial charge in [0.25, 0.3) is 5.91 Å². The van der Waals surface area contributed by atoms with Crippen molar-refractivity contribution in [2.75, 3.05) is 11.5 Å². The normalized spacial score (nSPS) is 17.0. The highest BCUT2D eigenvalue weighted by molar-refractivity contribution is 7.22. The van der Waals surface area contributed by atoms with Gasteiger partial charge in [0.05, 0.1) is 23.5 Å². The van der Waals surface area contributed by atoms with Crippen LogP contribution in [0.2, 0.25) is 0 Å². The van der Waals surface area contributed by atoms with Crippen LogP contribution >= 0.6 is 11.3 Å². The van der Waals surface area contributed by atoms with Crippen molar-refractivity contribution in [2.45, 2.75) is 32.6 Å². The molecule has 1 aliphatic rings. The SMILES string of the molecule is CCOc1cccc2sc(N(Cc3ccccn3)C(=O)C3Oc4ccccc4OC3C)nc12. The number of thiazole rings is 1. The van der Waals surface area contributed by atoms with Crippen molar-refractivity contribution >= 4 is 32.6 Å². The molecule has 0 radical (unpaired) electrons. The van der Waals surface area contributed by atoms with E-state index in [9.17, 15) is 4.79 Å². The number of nitrogens with zero attached hydrogens (tertiary/aromatic N) is 3. The van der Waals surface area contributed by atoms with E-state index in [4.69, 9.17) is 19.2 Å². The molecule has 8 heteroatoms. The Hall–Kier alpha value is -3.65. The monoisotopic (exact) mass is 461 g/mol. The van der Waals surface area contributed by atoms with Gasteiger partial charge in [0.15, 0.2) is 16.6 Å². The lowest BCUT2D eigenvalue weighted by Crippen LogP contribution is -2.50. The minimum absolute atomic E-state index is 0.236. The van der Waals surface area contributed by atoms with E-state index in [1.807, 2.05) is 68.4 Å². The number of pyridine rings is 1. The van der Waals surface area contributed by atoms with E-state index in [2.05, 4.69) is 4.98 Å². The molecule has 0 saturated heterocycles. The first-order chi connectivity index (χ1) is 16.1. The summed E-state index contributed by atoms with van der Waals surface area (Å²) in [6, 6.07) is 18.8. The van der Waals surface area contributed by atoms with Crippen LogP contribution in [0.25, 0.3) is 10.2 Å². The maximum Gasteiger partial charge on any atom is 0.274 e. The number of anilines is 1. The number of amides is 1. The second-order valence-electron chi connectivity index (χ2n) is 7.59. The van der Waals surface area contributed by atoms with Gasteiger partial charge in [-0.2, -0.15) is 0 Å². The van der Waals surface area contributed by atoms with Gasteiger partial charge in [0, 0.05) is 6.20 Å². The minimum atomic E-state index is -0.818. The summed E-state index contributed by atoms with van der Waals surface area (Å²) in [7, 11) is 0. The number of rotatable bonds is 6. The number of para-hydroxylation sites is 3. The molecule has 2 aromatic carbocycles. The summed E-state index contributed by atoms with van der Waals surface area (Å²) >= 11 is 1.43. The van der Waals surface area contributed by atoms with Crippen LogP contribution in [-0.2, 0) is 11.3 Å². The summed E-state index contributed by atoms with van der Waals surface area (Å²) in [5, 5.41) is 0.558. The maximum absolute atomic E-state index is 13.8. The molecular formula is C25H23N3O4S. The first-order valence-corrected chi connectivity index (χ1v) is 11.6. The number of hydrogen-bond acceptors (Lipinski definition) is 7. The average Bonchev–Trinajstić information content (AvgIpc) is 3.27. The fourth-order valence-electron chi connectivity index (χ4n) is 3.74. The Kier molecular flexibility index (Phi) is 5.83. The zero-order valence-electron chi connectivity index (χ0n) is 18.3. The number of carbonyl (C=O) groups is 1. The van der Waals surface area contributed by atoms with Crippen molar-refractivity contribution in [3.8, 4) is 17.2 Å². The number of carbonyl (C=O) groups excluding carboxylic acids is 1. The van der Waals surface area contributed by atoms with Crippen LogP contribution in [0.4, 0.5) is 5.13 Å². The van der Waals surface area contributed by atoms with Gasteiger partial charge in [-0.25, -0.2) is 4.98 Å². The van der Waals surface area contributed by atoms with Crippen molar-refractivity contribution < 1.29 is 19.0 Å². The molecule has 1 amide bonds. The molecule has 2 aromatic heterocycles. The van der Waals surface area contributed by atoms with E-state index >= 15 is 0 Å². The Balaban J connectivity index is 1.53. The Labute approximate surface area is 195 Å². The maximum atomic E-state index is 13.8. The third-order valence-electron chi connectivity index (χ3n) is 5.30. The standard InChI is InChI=1S/C25H23N3O4S/c1-3-30-20-12-8-13-21-22(20)27-25(33-21)28(15-17-9-6-7-14-26-17)24(29)23-16(2)31-18-10-4-5-11-19(18)32-23/h4-14,16,23H,3,15H2,1-2H3. The summed E-state index contributed by atoms with van der Waals surface area (Å²) in [4.78, 5) is 24.7. The molecule has 0 fully saturated rings. The highest BCUT2D eigenvalue weighted by atomic mass is 32.1. The van der Waals surface area contributed by atoms with E-state index < -0.39 is 12.2 Å². The van der Waals surface area contributed by atoms with E-state index in [0.717, 1.165) is 15.9 Å². The molecule has 4 aromatic rings. The van der Waals surface area contributed by atoms with Gasteiger partial charge in [-0.15, -0.1) is 0 Å². The summed E-state index contributed by atoms with van der Waals surface area (Å²) in [5.41, 5.74) is 1.48. The Morgan fingerprint density at radius 3 is 2.61 bits per heavy atom. The number of benzene rings is 2. The fraction of sp³-hybridized carbons (Fsp3) is 0.240. The van der Waals surface area contributed by atoms with E-state index in [0.29, 0.717) is 29.0 Å². The Bertz CT molecular complexity index is 1280. The van der Waals surface area contributed by atoms with Gasteiger partial charge in [0.1, 0.15) is 17.4 Å². The molecular weight excluding hydrogens is 438 g/mol. The molecule has 33 heavy (non-hydrogen) atoms. The van der Waals surface area contributed by atoms with Crippen LogP contribution in [0.5, 0.6) is 17.2 Å². The molecule has 5 rings (SSSR count). The van der Waals surface area contributed by atoms with Gasteiger partial charge < -0.3 is 14.2 Å². The van der Waals surface area contributed by atoms with Crippen LogP contribution in [0.15, 0.2) is 66.9 Å². The summed E-state index contributed by atoms with van der Waals surface area (Å²) in [5.74, 6) is 1.64. The zero-order valence-corrected chi connectivity index (χ0v) is 19.1. The van der Waals surface area contributed by atoms with Crippen molar-refractivity contribution in [1.29, 1.82) is 0 Å². The Morgan fingerprint density at radius 2 is 1.85 bits per heavy atom. The van der Waals surface area contributed by atoms with E-state index in [1.54, 1.807) is 17.2 Å². The molecule has 2 unspecified atom stereocenters. The summed E-state index contributed by atoms with van der Waals surface area (Å²) in [6.45, 7) is 4.57. The molecule has 0 saturated carbocycles. The fourth-order valence-corrected chi connectivity index (χ4v) is 4.72. The predicted molar refractivity (Wildman–Crippen MR) is 127 cm³/mol. The predicted octanol–water partition coefficient (Wildman–Crippen LogP) is 4.85. The second-order valence-corrected chi connectivity index (χ2v) is 8.60. The lowest BCUT2D eigenvalue weighted by molar-refractivity contribution is -0.130. The smallest absolute Gasteiger partial charge is 0.274 e. The van der Waals surface area contributed by atoms with Crippen LogP contribution in [0.3, 0.4) is 0 Å². The third kappa shape index (κ3) is 4.21. The number of ether oxygens (including phenoxy) is 3. The lowest BCUT2D eigenvalue weighted by Gasteiger charge is -2.33. The molecule has 1 aliphatic heterocycles. The molecule has 3 heterocycles. The molecule has 168 valence electrons. The molecule has 0 spiro atoms. The second kappa shape index (κ2) is 9.07. The zero-order chi connectivity index (χ0) is 22.8. The highest BCUT2D eigenvalue weighted by Gasteiger charge is 2.38. The van der Waals surface area contributed by atoms with Crippen molar-refractivity contribution in [3.05, 3.63) is 72.6 Å². The van der Waals surface area contributed by atoms with Gasteiger partial charge in [-0.05, 0) is 50.2 Å². The number of hydrogen-bond donors (Lipinski definition) is 0. The van der Waals surface area contributed by atoms with Crippen molar-refractivity contribution in [1.82, 2.24) is 9.97 Å². The molecule has 0 aliphatic carbocycles. The molecule has 0 N–H and O–H groups in total. The average molecular weight is 462 g/mol. The highest BCUT2D eigenvalue weighted by Crippen LogP contribution is 2.37. The summed E-state index contributed by atoms with van der Waals surface area (Å²) in [6.07, 6.45) is 0.428.